The molecule has 1 saturated heterocycles. The van der Waals surface area contributed by atoms with E-state index in [1.807, 2.05) is 0 Å². The fraction of sp³-hybridized carbons (Fsp3) is 0.733. The summed E-state index contributed by atoms with van der Waals surface area (Å²) < 4.78 is 13.5. The van der Waals surface area contributed by atoms with E-state index in [1.54, 1.807) is 0 Å². The van der Waals surface area contributed by atoms with Crippen LogP contribution in [-0.2, 0) is 9.16 Å². The molecule has 23 heavy (non-hydrogen) atoms. The van der Waals surface area contributed by atoms with Crippen LogP contribution in [0.15, 0.2) is 21.9 Å². The summed E-state index contributed by atoms with van der Waals surface area (Å²) in [6.45, 7) is 8.48. The highest BCUT2D eigenvalue weighted by atomic mass is 28.4. The summed E-state index contributed by atoms with van der Waals surface area (Å²) in [5.74, 6) is 0. The highest BCUT2D eigenvalue weighted by Crippen LogP contribution is 2.35. The first-order chi connectivity index (χ1) is 10.8. The van der Waals surface area contributed by atoms with Gasteiger partial charge in [0.2, 0.25) is 0 Å². The lowest BCUT2D eigenvalue weighted by Crippen LogP contribution is -2.42. The fourth-order valence-electron chi connectivity index (χ4n) is 2.81. The van der Waals surface area contributed by atoms with Crippen LogP contribution in [0.4, 0.5) is 0 Å². The highest BCUT2D eigenvalue weighted by molar-refractivity contribution is 6.72. The first kappa shape index (κ1) is 18.1. The molecular formula is C15H26N2O5Si. The maximum atomic E-state index is 11.9. The van der Waals surface area contributed by atoms with Crippen molar-refractivity contribution in [1.29, 1.82) is 0 Å². The zero-order chi connectivity index (χ0) is 17.2. The smallest absolute Gasteiger partial charge is 0.330 e. The van der Waals surface area contributed by atoms with E-state index in [4.69, 9.17) is 9.16 Å². The van der Waals surface area contributed by atoms with Gasteiger partial charge in [-0.2, -0.15) is 0 Å². The maximum absolute atomic E-state index is 11.9. The van der Waals surface area contributed by atoms with Crippen molar-refractivity contribution in [2.24, 2.45) is 0 Å². The molecule has 0 saturated carbocycles. The van der Waals surface area contributed by atoms with E-state index < -0.39 is 31.9 Å². The minimum atomic E-state index is -1.92. The van der Waals surface area contributed by atoms with E-state index in [-0.39, 0.29) is 12.7 Å². The quantitative estimate of drug-likeness (QED) is 0.758. The lowest BCUT2D eigenvalue weighted by molar-refractivity contribution is -0.0435. The van der Waals surface area contributed by atoms with Gasteiger partial charge in [-0.1, -0.05) is 20.3 Å². The number of aliphatic hydroxyl groups excluding tert-OH is 1. The van der Waals surface area contributed by atoms with Crippen LogP contribution in [0.25, 0.3) is 0 Å². The first-order valence-corrected chi connectivity index (χ1v) is 11.0. The molecule has 0 amide bonds. The number of nitrogens with one attached hydrogen (secondary N) is 1. The van der Waals surface area contributed by atoms with E-state index in [2.05, 4.69) is 31.9 Å². The Hall–Kier alpha value is -1.22. The van der Waals surface area contributed by atoms with Crippen molar-refractivity contribution in [3.8, 4) is 0 Å². The van der Waals surface area contributed by atoms with E-state index in [1.165, 1.54) is 16.8 Å². The summed E-state index contributed by atoms with van der Waals surface area (Å²) in [7, 11) is -1.92. The number of ether oxygens (including phenoxy) is 1. The standard InChI is InChI=1S/C15H26N2O5Si/c1-5-10(2)23(3,4)22-11-8-14(21-12(11)9-18)17-7-6-13(19)16-15(17)20/h6-7,10-12,14,18H,5,8-9H2,1-4H3,(H,16,19,20)/t10?,11?,12-,14-/m0/s1. The summed E-state index contributed by atoms with van der Waals surface area (Å²) in [6.07, 6.45) is 1.68. The molecule has 0 aromatic carbocycles. The Morgan fingerprint density at radius 2 is 2.22 bits per heavy atom. The van der Waals surface area contributed by atoms with Gasteiger partial charge >= 0.3 is 5.69 Å². The highest BCUT2D eigenvalue weighted by Gasteiger charge is 2.41. The Bertz CT molecular complexity index is 641. The molecular weight excluding hydrogens is 316 g/mol. The van der Waals surface area contributed by atoms with Gasteiger partial charge in [-0.05, 0) is 18.6 Å². The lowest BCUT2D eigenvalue weighted by Gasteiger charge is -2.33. The predicted octanol–water partition coefficient (Wildman–Crippen LogP) is 1.21. The zero-order valence-corrected chi connectivity index (χ0v) is 15.1. The van der Waals surface area contributed by atoms with Gasteiger partial charge in [0.05, 0.1) is 12.7 Å². The van der Waals surface area contributed by atoms with Gasteiger partial charge in [0.25, 0.3) is 5.56 Å². The number of aromatic amines is 1. The molecule has 0 bridgehead atoms. The molecule has 2 N–H and O–H groups in total. The molecule has 1 aliphatic rings. The molecule has 0 spiro atoms. The van der Waals surface area contributed by atoms with Crippen molar-refractivity contribution < 1.29 is 14.3 Å². The molecule has 2 unspecified atom stereocenters. The number of aliphatic hydroxyl groups is 1. The lowest BCUT2D eigenvalue weighted by atomic mass is 10.2. The molecule has 1 fully saturated rings. The van der Waals surface area contributed by atoms with Gasteiger partial charge in [0, 0.05) is 18.7 Å². The van der Waals surface area contributed by atoms with Gasteiger partial charge < -0.3 is 14.3 Å². The number of H-pyrrole nitrogens is 1. The van der Waals surface area contributed by atoms with Crippen LogP contribution >= 0.6 is 0 Å². The molecule has 0 aliphatic carbocycles. The summed E-state index contributed by atoms with van der Waals surface area (Å²) in [4.78, 5) is 25.3. The summed E-state index contributed by atoms with van der Waals surface area (Å²) >= 11 is 0. The second-order valence-corrected chi connectivity index (χ2v) is 11.1. The second kappa shape index (κ2) is 7.12. The minimum absolute atomic E-state index is 0.162. The van der Waals surface area contributed by atoms with Gasteiger partial charge in [0.1, 0.15) is 12.3 Å². The number of nitrogens with zero attached hydrogens (tertiary/aromatic N) is 1. The molecule has 7 nitrogen and oxygen atoms in total. The Kier molecular flexibility index (Phi) is 5.61. The molecule has 1 aliphatic heterocycles. The number of hydrogen-bond acceptors (Lipinski definition) is 5. The predicted molar refractivity (Wildman–Crippen MR) is 89.0 cm³/mol. The molecule has 1 aromatic heterocycles. The summed E-state index contributed by atoms with van der Waals surface area (Å²) in [6, 6.07) is 1.28. The van der Waals surface area contributed by atoms with Crippen molar-refractivity contribution in [2.75, 3.05) is 6.61 Å². The van der Waals surface area contributed by atoms with Gasteiger partial charge in [-0.15, -0.1) is 0 Å². The van der Waals surface area contributed by atoms with Crippen molar-refractivity contribution in [3.05, 3.63) is 33.1 Å². The van der Waals surface area contributed by atoms with Crippen LogP contribution in [0.3, 0.4) is 0 Å². The third kappa shape index (κ3) is 4.00. The Labute approximate surface area is 136 Å². The molecule has 4 atom stereocenters. The largest absolute Gasteiger partial charge is 0.411 e. The average Bonchev–Trinajstić information content (AvgIpc) is 2.88. The normalized spacial score (nSPS) is 26.4. The Morgan fingerprint density at radius 1 is 1.52 bits per heavy atom. The monoisotopic (exact) mass is 342 g/mol. The second-order valence-electron chi connectivity index (χ2n) is 6.63. The van der Waals surface area contributed by atoms with Crippen molar-refractivity contribution in [1.82, 2.24) is 9.55 Å². The maximum Gasteiger partial charge on any atom is 0.330 e. The Balaban J connectivity index is 2.17. The van der Waals surface area contributed by atoms with Crippen molar-refractivity contribution >= 4 is 8.32 Å². The molecule has 2 rings (SSSR count). The van der Waals surface area contributed by atoms with Crippen molar-refractivity contribution in [2.45, 2.75) is 63.8 Å². The SMILES string of the molecule is CCC(C)[Si](C)(C)OC1C[C@@H](n2ccc(=O)[nH]c2=O)O[C@H]1CO. The van der Waals surface area contributed by atoms with E-state index in [0.717, 1.165) is 6.42 Å². The van der Waals surface area contributed by atoms with E-state index >= 15 is 0 Å². The molecule has 0 radical (unpaired) electrons. The van der Waals surface area contributed by atoms with Crippen LogP contribution in [0.1, 0.15) is 32.9 Å². The van der Waals surface area contributed by atoms with Gasteiger partial charge in [-0.3, -0.25) is 14.3 Å². The third-order valence-electron chi connectivity index (χ3n) is 4.78. The van der Waals surface area contributed by atoms with Crippen LogP contribution in [0.2, 0.25) is 18.6 Å². The van der Waals surface area contributed by atoms with Crippen LogP contribution < -0.4 is 11.2 Å². The van der Waals surface area contributed by atoms with Gasteiger partial charge in [0.15, 0.2) is 8.32 Å². The zero-order valence-electron chi connectivity index (χ0n) is 14.1. The molecule has 8 heteroatoms. The van der Waals surface area contributed by atoms with E-state index in [0.29, 0.717) is 12.0 Å². The number of rotatable bonds is 6. The minimum Gasteiger partial charge on any atom is -0.411 e. The fourth-order valence-corrected chi connectivity index (χ4v) is 5.05. The van der Waals surface area contributed by atoms with Crippen LogP contribution in [0, 0.1) is 0 Å². The Morgan fingerprint density at radius 3 is 2.78 bits per heavy atom. The number of aromatic nitrogens is 2. The summed E-state index contributed by atoms with van der Waals surface area (Å²) in [5, 5.41) is 9.57. The molecule has 1 aromatic rings. The van der Waals surface area contributed by atoms with Crippen LogP contribution in [0.5, 0.6) is 0 Å². The van der Waals surface area contributed by atoms with Gasteiger partial charge in [-0.25, -0.2) is 4.79 Å². The average molecular weight is 342 g/mol. The first-order valence-electron chi connectivity index (χ1n) is 8.04. The van der Waals surface area contributed by atoms with Crippen LogP contribution in [-0.4, -0.2) is 41.8 Å². The molecule has 2 heterocycles. The topological polar surface area (TPSA) is 93.6 Å². The third-order valence-corrected chi connectivity index (χ3v) is 8.47. The summed E-state index contributed by atoms with van der Waals surface area (Å²) in [5.41, 5.74) is -0.476. The van der Waals surface area contributed by atoms with E-state index in [9.17, 15) is 14.7 Å². The number of hydrogen-bond donors (Lipinski definition) is 2. The van der Waals surface area contributed by atoms with Crippen molar-refractivity contribution in [3.63, 3.8) is 0 Å². The molecule has 130 valence electrons.